The van der Waals surface area contributed by atoms with Crippen LogP contribution in [0.4, 0.5) is 0 Å². The van der Waals surface area contributed by atoms with Gasteiger partial charge in [-0.15, -0.1) is 0 Å². The van der Waals surface area contributed by atoms with Gasteiger partial charge in [-0.05, 0) is 18.3 Å². The minimum absolute atomic E-state index is 0.0238. The molecule has 1 amide bonds. The number of aliphatic hydroxyl groups excluding tert-OH is 1. The molecule has 0 aliphatic carbocycles. The summed E-state index contributed by atoms with van der Waals surface area (Å²) in [4.78, 5) is 33.9. The fraction of sp³-hybridized carbons (Fsp3) is 0.824. The van der Waals surface area contributed by atoms with Crippen molar-refractivity contribution in [1.82, 2.24) is 5.32 Å². The third-order valence-corrected chi connectivity index (χ3v) is 4.70. The van der Waals surface area contributed by atoms with Gasteiger partial charge in [-0.25, -0.2) is 0 Å². The van der Waals surface area contributed by atoms with Crippen molar-refractivity contribution in [2.45, 2.75) is 52.7 Å². The predicted octanol–water partition coefficient (Wildman–Crippen LogP) is 0.457. The maximum Gasteiger partial charge on any atom is 0.303 e. The van der Waals surface area contributed by atoms with E-state index in [1.165, 1.54) is 25.6 Å². The summed E-state index contributed by atoms with van der Waals surface area (Å²) >= 11 is 1.35. The van der Waals surface area contributed by atoms with Crippen LogP contribution in [0, 0.1) is 5.41 Å². The standard InChI is InChI=1S/C17H32N2O6S/c1-12(21)24-8-14(25-13(2)22)9-26-10-15(18)16(23)19-7-5-6-17(3,4)11-20/h14-15,20H,5-11,18H2,1-4H3,(H,19,23). The van der Waals surface area contributed by atoms with Crippen LogP contribution in [-0.2, 0) is 23.9 Å². The number of amides is 1. The lowest BCUT2D eigenvalue weighted by molar-refractivity contribution is -0.154. The molecular formula is C17H32N2O6S. The van der Waals surface area contributed by atoms with Crippen LogP contribution in [-0.4, -0.2) is 66.4 Å². The van der Waals surface area contributed by atoms with Gasteiger partial charge in [0.1, 0.15) is 12.7 Å². The summed E-state index contributed by atoms with van der Waals surface area (Å²) in [6.07, 6.45) is 0.988. The number of nitrogens with two attached hydrogens (primary N) is 1. The van der Waals surface area contributed by atoms with Crippen LogP contribution in [0.1, 0.15) is 40.5 Å². The van der Waals surface area contributed by atoms with E-state index in [1.54, 1.807) is 0 Å². The molecule has 26 heavy (non-hydrogen) atoms. The normalized spacial score (nSPS) is 13.6. The average molecular weight is 393 g/mol. The van der Waals surface area contributed by atoms with Gasteiger partial charge in [0.25, 0.3) is 0 Å². The Kier molecular flexibility index (Phi) is 12.3. The molecule has 0 aliphatic rings. The van der Waals surface area contributed by atoms with Crippen LogP contribution >= 0.6 is 11.8 Å². The van der Waals surface area contributed by atoms with E-state index in [1.807, 2.05) is 13.8 Å². The second-order valence-corrected chi connectivity index (χ2v) is 7.97. The zero-order valence-corrected chi connectivity index (χ0v) is 16.9. The van der Waals surface area contributed by atoms with Crippen LogP contribution in [0.25, 0.3) is 0 Å². The van der Waals surface area contributed by atoms with Gasteiger partial charge < -0.3 is 25.6 Å². The Balaban J connectivity index is 4.08. The molecule has 0 aromatic carbocycles. The van der Waals surface area contributed by atoms with E-state index in [4.69, 9.17) is 15.2 Å². The molecule has 2 unspecified atom stereocenters. The highest BCUT2D eigenvalue weighted by Crippen LogP contribution is 2.20. The van der Waals surface area contributed by atoms with Crippen molar-refractivity contribution < 1.29 is 29.0 Å². The smallest absolute Gasteiger partial charge is 0.303 e. The van der Waals surface area contributed by atoms with Crippen LogP contribution in [0.5, 0.6) is 0 Å². The van der Waals surface area contributed by atoms with Gasteiger partial charge in [0.05, 0.1) is 6.04 Å². The Labute approximate surface area is 159 Å². The zero-order chi connectivity index (χ0) is 20.2. The third-order valence-electron chi connectivity index (χ3n) is 3.50. The van der Waals surface area contributed by atoms with Gasteiger partial charge >= 0.3 is 11.9 Å². The summed E-state index contributed by atoms with van der Waals surface area (Å²) < 4.78 is 9.92. The van der Waals surface area contributed by atoms with E-state index in [-0.39, 0.29) is 24.5 Å². The second kappa shape index (κ2) is 12.9. The largest absolute Gasteiger partial charge is 0.462 e. The van der Waals surface area contributed by atoms with Crippen molar-refractivity contribution >= 4 is 29.6 Å². The highest BCUT2D eigenvalue weighted by atomic mass is 32.2. The molecule has 0 radical (unpaired) electrons. The first-order valence-corrected chi connectivity index (χ1v) is 9.75. The predicted molar refractivity (Wildman–Crippen MR) is 101 cm³/mol. The van der Waals surface area contributed by atoms with Crippen molar-refractivity contribution in [3.8, 4) is 0 Å². The fourth-order valence-electron chi connectivity index (χ4n) is 1.95. The van der Waals surface area contributed by atoms with Crippen molar-refractivity contribution in [2.24, 2.45) is 11.1 Å². The molecule has 0 spiro atoms. The van der Waals surface area contributed by atoms with Gasteiger partial charge in [-0.3, -0.25) is 14.4 Å². The lowest BCUT2D eigenvalue weighted by atomic mass is 9.89. The number of ether oxygens (including phenoxy) is 2. The minimum atomic E-state index is -0.683. The van der Waals surface area contributed by atoms with E-state index >= 15 is 0 Å². The number of nitrogens with one attached hydrogen (secondary N) is 1. The Morgan fingerprint density at radius 3 is 2.38 bits per heavy atom. The summed E-state index contributed by atoms with van der Waals surface area (Å²) in [6.45, 7) is 7.07. The molecule has 0 aliphatic heterocycles. The van der Waals surface area contributed by atoms with Crippen LogP contribution in [0.15, 0.2) is 0 Å². The van der Waals surface area contributed by atoms with Crippen LogP contribution < -0.4 is 11.1 Å². The van der Waals surface area contributed by atoms with Gasteiger partial charge in [0.15, 0.2) is 0 Å². The fourth-order valence-corrected chi connectivity index (χ4v) is 2.92. The minimum Gasteiger partial charge on any atom is -0.462 e. The quantitative estimate of drug-likeness (QED) is 0.305. The first-order valence-electron chi connectivity index (χ1n) is 8.60. The van der Waals surface area contributed by atoms with Crippen LogP contribution in [0.3, 0.4) is 0 Å². The Morgan fingerprint density at radius 1 is 1.19 bits per heavy atom. The first kappa shape index (κ1) is 24.7. The molecule has 0 aromatic heterocycles. The first-order chi connectivity index (χ1) is 12.1. The van der Waals surface area contributed by atoms with Crippen molar-refractivity contribution in [2.75, 3.05) is 31.3 Å². The molecule has 152 valence electrons. The molecule has 9 heteroatoms. The molecule has 2 atom stereocenters. The number of rotatable bonds is 13. The van der Waals surface area contributed by atoms with E-state index in [9.17, 15) is 19.5 Å². The molecule has 8 nitrogen and oxygen atoms in total. The average Bonchev–Trinajstić information content (AvgIpc) is 2.55. The Morgan fingerprint density at radius 2 is 1.85 bits per heavy atom. The monoisotopic (exact) mass is 392 g/mol. The molecule has 0 bridgehead atoms. The third kappa shape index (κ3) is 13.0. The number of hydrogen-bond donors (Lipinski definition) is 3. The Hall–Kier alpha value is -1.32. The van der Waals surface area contributed by atoms with E-state index in [2.05, 4.69) is 5.32 Å². The molecule has 0 rings (SSSR count). The van der Waals surface area contributed by atoms with Gasteiger partial charge in [0, 0.05) is 38.5 Å². The summed E-state index contributed by atoms with van der Waals surface area (Å²) in [7, 11) is 0. The van der Waals surface area contributed by atoms with E-state index in [0.717, 1.165) is 12.8 Å². The molecular weight excluding hydrogens is 360 g/mol. The number of carbonyl (C=O) groups excluding carboxylic acids is 3. The summed E-state index contributed by atoms with van der Waals surface area (Å²) in [5, 5.41) is 12.0. The number of thioether (sulfide) groups is 1. The highest BCUT2D eigenvalue weighted by Gasteiger charge is 2.19. The molecule has 4 N–H and O–H groups in total. The lowest BCUT2D eigenvalue weighted by Crippen LogP contribution is -2.43. The van der Waals surface area contributed by atoms with Crippen LogP contribution in [0.2, 0.25) is 0 Å². The van der Waals surface area contributed by atoms with E-state index < -0.39 is 24.1 Å². The number of carbonyl (C=O) groups is 3. The summed E-state index contributed by atoms with van der Waals surface area (Å²) in [5.41, 5.74) is 5.70. The molecule has 0 aromatic rings. The molecule has 0 saturated heterocycles. The van der Waals surface area contributed by atoms with E-state index in [0.29, 0.717) is 18.1 Å². The number of aliphatic hydroxyl groups is 1. The second-order valence-electron chi connectivity index (χ2n) is 6.89. The lowest BCUT2D eigenvalue weighted by Gasteiger charge is -2.21. The molecule has 0 fully saturated rings. The topological polar surface area (TPSA) is 128 Å². The number of esters is 2. The maximum absolute atomic E-state index is 12.0. The maximum atomic E-state index is 12.0. The van der Waals surface area contributed by atoms with Gasteiger partial charge in [-0.1, -0.05) is 13.8 Å². The molecule has 0 saturated carbocycles. The molecule has 0 heterocycles. The van der Waals surface area contributed by atoms with Crippen molar-refractivity contribution in [3.05, 3.63) is 0 Å². The van der Waals surface area contributed by atoms with Gasteiger partial charge in [-0.2, -0.15) is 11.8 Å². The van der Waals surface area contributed by atoms with Crippen molar-refractivity contribution in [3.63, 3.8) is 0 Å². The van der Waals surface area contributed by atoms with Crippen molar-refractivity contribution in [1.29, 1.82) is 0 Å². The summed E-state index contributed by atoms with van der Waals surface area (Å²) in [5.74, 6) is -0.434. The summed E-state index contributed by atoms with van der Waals surface area (Å²) in [6, 6.07) is -0.683. The van der Waals surface area contributed by atoms with Gasteiger partial charge in [0.2, 0.25) is 5.91 Å². The number of hydrogen-bond acceptors (Lipinski definition) is 8. The Bertz CT molecular complexity index is 459. The SMILES string of the molecule is CC(=O)OCC(CSCC(N)C(=O)NCCCC(C)(C)CO)OC(C)=O. The zero-order valence-electron chi connectivity index (χ0n) is 16.1. The highest BCUT2D eigenvalue weighted by molar-refractivity contribution is 7.99.